The lowest BCUT2D eigenvalue weighted by molar-refractivity contribution is -0.121. The van der Waals surface area contributed by atoms with Gasteiger partial charge in [0, 0.05) is 10.0 Å². The minimum atomic E-state index is -0.300. The predicted octanol–water partition coefficient (Wildman–Crippen LogP) is 2.40. The Bertz CT molecular complexity index is 493. The number of amides is 2. The molecule has 0 saturated heterocycles. The molecule has 0 aromatic heterocycles. The molecule has 2 amide bonds. The number of hydrogen-bond donors (Lipinski definition) is 2. The Balaban J connectivity index is 2.61. The van der Waals surface area contributed by atoms with E-state index in [2.05, 4.69) is 26.6 Å². The number of carbonyl (C=O) groups excluding carboxylic acids is 2. The van der Waals surface area contributed by atoms with Gasteiger partial charge in [0.15, 0.2) is 0 Å². The van der Waals surface area contributed by atoms with E-state index in [1.165, 1.54) is 0 Å². The molecule has 0 aliphatic carbocycles. The molecule has 4 nitrogen and oxygen atoms in total. The molecule has 0 saturated carbocycles. The van der Waals surface area contributed by atoms with Crippen molar-refractivity contribution in [2.45, 2.75) is 33.2 Å². The van der Waals surface area contributed by atoms with Crippen LogP contribution in [0.25, 0.3) is 0 Å². The maximum atomic E-state index is 12.0. The van der Waals surface area contributed by atoms with Crippen molar-refractivity contribution < 1.29 is 9.59 Å². The van der Waals surface area contributed by atoms with Crippen molar-refractivity contribution in [3.63, 3.8) is 0 Å². The van der Waals surface area contributed by atoms with Crippen LogP contribution in [0, 0.1) is 6.92 Å². The monoisotopic (exact) mass is 326 g/mol. The lowest BCUT2D eigenvalue weighted by Gasteiger charge is -2.20. The minimum Gasteiger partial charge on any atom is -0.350 e. The summed E-state index contributed by atoms with van der Waals surface area (Å²) in [6.45, 7) is 7.56. The van der Waals surface area contributed by atoms with Gasteiger partial charge in [-0.25, -0.2) is 0 Å². The highest BCUT2D eigenvalue weighted by Gasteiger charge is 2.16. The van der Waals surface area contributed by atoms with Crippen LogP contribution in [0.3, 0.4) is 0 Å². The van der Waals surface area contributed by atoms with Gasteiger partial charge >= 0.3 is 0 Å². The molecule has 0 atom stereocenters. The normalized spacial score (nSPS) is 11.0. The summed E-state index contributed by atoms with van der Waals surface area (Å²) in [6, 6.07) is 5.44. The predicted molar refractivity (Wildman–Crippen MR) is 79.1 cm³/mol. The molecule has 104 valence electrons. The Morgan fingerprint density at radius 2 is 1.89 bits per heavy atom. The summed E-state index contributed by atoms with van der Waals surface area (Å²) < 4.78 is 0.753. The van der Waals surface area contributed by atoms with Crippen LogP contribution in [-0.4, -0.2) is 23.9 Å². The van der Waals surface area contributed by atoms with Crippen LogP contribution in [0.2, 0.25) is 0 Å². The summed E-state index contributed by atoms with van der Waals surface area (Å²) in [5.41, 5.74) is 1.21. The quantitative estimate of drug-likeness (QED) is 0.896. The Kier molecular flexibility index (Phi) is 5.11. The van der Waals surface area contributed by atoms with E-state index in [0.717, 1.165) is 10.0 Å². The summed E-state index contributed by atoms with van der Waals surface area (Å²) in [5.74, 6) is -0.468. The van der Waals surface area contributed by atoms with E-state index in [1.54, 1.807) is 6.07 Å². The van der Waals surface area contributed by atoms with Crippen LogP contribution in [0.1, 0.15) is 36.7 Å². The van der Waals surface area contributed by atoms with Crippen LogP contribution in [-0.2, 0) is 4.79 Å². The lowest BCUT2D eigenvalue weighted by atomic mass is 10.1. The van der Waals surface area contributed by atoms with Crippen molar-refractivity contribution in [1.82, 2.24) is 10.6 Å². The van der Waals surface area contributed by atoms with E-state index in [4.69, 9.17) is 0 Å². The van der Waals surface area contributed by atoms with Crippen molar-refractivity contribution in [1.29, 1.82) is 0 Å². The highest BCUT2D eigenvalue weighted by atomic mass is 79.9. The summed E-state index contributed by atoms with van der Waals surface area (Å²) in [4.78, 5) is 23.6. The van der Waals surface area contributed by atoms with Crippen molar-refractivity contribution in [3.05, 3.63) is 33.8 Å². The second kappa shape index (κ2) is 6.19. The molecule has 2 N–H and O–H groups in total. The Morgan fingerprint density at radius 3 is 2.47 bits per heavy atom. The smallest absolute Gasteiger partial charge is 0.252 e. The van der Waals surface area contributed by atoms with Gasteiger partial charge in [-0.3, -0.25) is 9.59 Å². The zero-order chi connectivity index (χ0) is 14.6. The van der Waals surface area contributed by atoms with Crippen LogP contribution < -0.4 is 10.6 Å². The third-order valence-corrected chi connectivity index (χ3v) is 3.41. The first kappa shape index (κ1) is 15.7. The molecule has 0 aliphatic heterocycles. The van der Waals surface area contributed by atoms with Gasteiger partial charge in [-0.05, 0) is 55.3 Å². The number of benzene rings is 1. The molecule has 0 fully saturated rings. The topological polar surface area (TPSA) is 58.2 Å². The van der Waals surface area contributed by atoms with Gasteiger partial charge in [0.05, 0.1) is 12.1 Å². The fraction of sp³-hybridized carbons (Fsp3) is 0.429. The maximum absolute atomic E-state index is 12.0. The first-order chi connectivity index (χ1) is 8.70. The Hall–Kier alpha value is -1.36. The van der Waals surface area contributed by atoms with E-state index >= 15 is 0 Å². The van der Waals surface area contributed by atoms with Gasteiger partial charge in [0.1, 0.15) is 0 Å². The molecule has 0 aliphatic rings. The van der Waals surface area contributed by atoms with Gasteiger partial charge in [-0.15, -0.1) is 0 Å². The summed E-state index contributed by atoms with van der Waals surface area (Å²) >= 11 is 3.38. The molecule has 1 aromatic rings. The number of nitrogens with one attached hydrogen (secondary N) is 2. The van der Waals surface area contributed by atoms with Crippen LogP contribution in [0.4, 0.5) is 0 Å². The van der Waals surface area contributed by atoms with Crippen molar-refractivity contribution in [2.24, 2.45) is 0 Å². The second-order valence-electron chi connectivity index (χ2n) is 5.42. The van der Waals surface area contributed by atoms with Crippen LogP contribution >= 0.6 is 15.9 Å². The lowest BCUT2D eigenvalue weighted by Crippen LogP contribution is -2.45. The zero-order valence-corrected chi connectivity index (χ0v) is 13.2. The average molecular weight is 327 g/mol. The van der Waals surface area contributed by atoms with Gasteiger partial charge in [-0.2, -0.15) is 0 Å². The highest BCUT2D eigenvalue weighted by molar-refractivity contribution is 9.10. The largest absolute Gasteiger partial charge is 0.350 e. The minimum absolute atomic E-state index is 0.0313. The third kappa shape index (κ3) is 5.03. The van der Waals surface area contributed by atoms with E-state index in [9.17, 15) is 9.59 Å². The standard InChI is InChI=1S/C14H19BrN2O2/c1-9-6-5-7-10(12(9)15)13(19)16-8-11(18)17-14(2,3)4/h5-7H,8H2,1-4H3,(H,16,19)(H,17,18). The van der Waals surface area contributed by atoms with E-state index < -0.39 is 0 Å². The van der Waals surface area contributed by atoms with E-state index in [0.29, 0.717) is 5.56 Å². The molecular weight excluding hydrogens is 308 g/mol. The summed E-state index contributed by atoms with van der Waals surface area (Å²) in [7, 11) is 0. The van der Waals surface area contributed by atoms with Crippen molar-refractivity contribution in [3.8, 4) is 0 Å². The molecule has 1 aromatic carbocycles. The molecule has 5 heteroatoms. The SMILES string of the molecule is Cc1cccc(C(=O)NCC(=O)NC(C)(C)C)c1Br. The van der Waals surface area contributed by atoms with Gasteiger partial charge < -0.3 is 10.6 Å². The molecule has 0 heterocycles. The molecule has 0 spiro atoms. The Morgan fingerprint density at radius 1 is 1.26 bits per heavy atom. The molecule has 19 heavy (non-hydrogen) atoms. The van der Waals surface area contributed by atoms with Crippen molar-refractivity contribution >= 4 is 27.7 Å². The number of hydrogen-bond acceptors (Lipinski definition) is 2. The van der Waals surface area contributed by atoms with Crippen molar-refractivity contribution in [2.75, 3.05) is 6.54 Å². The number of carbonyl (C=O) groups is 2. The zero-order valence-electron chi connectivity index (χ0n) is 11.6. The van der Waals surface area contributed by atoms with Gasteiger partial charge in [0.25, 0.3) is 5.91 Å². The van der Waals surface area contributed by atoms with Gasteiger partial charge in [0.2, 0.25) is 5.91 Å². The molecule has 0 bridgehead atoms. The first-order valence-corrected chi connectivity index (χ1v) is 6.84. The number of rotatable bonds is 3. The number of halogens is 1. The Labute approximate surface area is 122 Å². The maximum Gasteiger partial charge on any atom is 0.252 e. The second-order valence-corrected chi connectivity index (χ2v) is 6.21. The van der Waals surface area contributed by atoms with E-state index in [1.807, 2.05) is 39.8 Å². The average Bonchev–Trinajstić information content (AvgIpc) is 2.27. The molecule has 0 unspecified atom stereocenters. The summed E-state index contributed by atoms with van der Waals surface area (Å²) in [6.07, 6.45) is 0. The fourth-order valence-electron chi connectivity index (χ4n) is 1.54. The van der Waals surface area contributed by atoms with Crippen LogP contribution in [0.15, 0.2) is 22.7 Å². The molecule has 0 radical (unpaired) electrons. The molecular formula is C14H19BrN2O2. The summed E-state index contributed by atoms with van der Waals surface area (Å²) in [5, 5.41) is 5.39. The van der Waals surface area contributed by atoms with Crippen LogP contribution in [0.5, 0.6) is 0 Å². The van der Waals surface area contributed by atoms with Gasteiger partial charge in [-0.1, -0.05) is 12.1 Å². The highest BCUT2D eigenvalue weighted by Crippen LogP contribution is 2.20. The number of aryl methyl sites for hydroxylation is 1. The molecule has 1 rings (SSSR count). The first-order valence-electron chi connectivity index (χ1n) is 6.05. The third-order valence-electron chi connectivity index (χ3n) is 2.36. The fourth-order valence-corrected chi connectivity index (χ4v) is 1.99. The van der Waals surface area contributed by atoms with E-state index in [-0.39, 0.29) is 23.9 Å².